The molecule has 1 amide bonds. The van der Waals surface area contributed by atoms with E-state index in [1.165, 1.54) is 0 Å². The fourth-order valence-corrected chi connectivity index (χ4v) is 4.69. The van der Waals surface area contributed by atoms with E-state index in [4.69, 9.17) is 4.98 Å². The van der Waals surface area contributed by atoms with Crippen LogP contribution in [0.15, 0.2) is 48.5 Å². The summed E-state index contributed by atoms with van der Waals surface area (Å²) in [6, 6.07) is 16.5. The Morgan fingerprint density at radius 2 is 1.48 bits per heavy atom. The van der Waals surface area contributed by atoms with Crippen LogP contribution in [-0.4, -0.2) is 21.7 Å². The Kier molecular flexibility index (Phi) is 5.79. The van der Waals surface area contributed by atoms with E-state index in [2.05, 4.69) is 30.8 Å². The minimum atomic E-state index is 0.0679. The van der Waals surface area contributed by atoms with Gasteiger partial charge in [0.2, 0.25) is 5.91 Å². The summed E-state index contributed by atoms with van der Waals surface area (Å²) in [4.78, 5) is 17.9. The van der Waals surface area contributed by atoms with E-state index in [1.54, 1.807) is 11.9 Å². The smallest absolute Gasteiger partial charge is 0.227 e. The first-order chi connectivity index (χ1) is 13.9. The summed E-state index contributed by atoms with van der Waals surface area (Å²) in [6.07, 6.45) is 3.93. The average molecular weight is 408 g/mol. The monoisotopic (exact) mass is 407 g/mol. The Balaban J connectivity index is 1.50. The molecule has 1 aliphatic rings. The van der Waals surface area contributed by atoms with Gasteiger partial charge in [0, 0.05) is 27.5 Å². The number of aromatic nitrogens is 1. The summed E-state index contributed by atoms with van der Waals surface area (Å²) in [5.74, 6) is 0.201. The van der Waals surface area contributed by atoms with E-state index in [0.29, 0.717) is 6.04 Å². The van der Waals surface area contributed by atoms with E-state index < -0.39 is 0 Å². The Morgan fingerprint density at radius 1 is 0.931 bits per heavy atom. The predicted molar refractivity (Wildman–Crippen MR) is 124 cm³/mol. The van der Waals surface area contributed by atoms with Crippen LogP contribution in [0, 0.1) is 5.92 Å². The number of pyridine rings is 1. The van der Waals surface area contributed by atoms with Gasteiger partial charge >= 0.3 is 0 Å². The fraction of sp³-hybridized carbons (Fsp3) is 0.417. The predicted octanol–water partition coefficient (Wildman–Crippen LogP) is 5.92. The van der Waals surface area contributed by atoms with Crippen LogP contribution in [-0.2, 0) is 4.79 Å². The van der Waals surface area contributed by atoms with Gasteiger partial charge < -0.3 is 5.32 Å². The van der Waals surface area contributed by atoms with Crippen LogP contribution < -0.4 is 10.0 Å². The molecule has 0 bridgehead atoms. The number of para-hydroxylation sites is 2. The summed E-state index contributed by atoms with van der Waals surface area (Å²) < 4.78 is 3.80. The molecule has 0 radical (unpaired) electrons. The summed E-state index contributed by atoms with van der Waals surface area (Å²) in [5, 5.41) is 5.26. The molecule has 1 aliphatic carbocycles. The molecule has 2 N–H and O–H groups in total. The van der Waals surface area contributed by atoms with Crippen LogP contribution in [0.1, 0.15) is 46.5 Å². The first kappa shape index (κ1) is 20.2. The van der Waals surface area contributed by atoms with Crippen molar-refractivity contribution in [1.82, 2.24) is 9.71 Å². The molecule has 0 unspecified atom stereocenters. The molecule has 5 heteroatoms. The maximum Gasteiger partial charge on any atom is 0.227 e. The standard InChI is InChI=1S/C24H29N3OS/c1-24(2,3)29-27-17-14-12-16(13-15-17)23(28)26-22-18-8-4-6-10-20(18)25-21-11-7-5-9-19(21)22/h4-11,16-17,27H,12-15H2,1-3H3,(H,25,26,28). The Bertz CT molecular complexity index is 965. The molecule has 29 heavy (non-hydrogen) atoms. The third-order valence-corrected chi connectivity index (χ3v) is 6.53. The number of carbonyl (C=O) groups is 1. The highest BCUT2D eigenvalue weighted by atomic mass is 32.2. The topological polar surface area (TPSA) is 54.0 Å². The molecule has 152 valence electrons. The highest BCUT2D eigenvalue weighted by Crippen LogP contribution is 2.33. The zero-order chi connectivity index (χ0) is 20.4. The molecule has 4 nitrogen and oxygen atoms in total. The van der Waals surface area contributed by atoms with Gasteiger partial charge in [-0.2, -0.15) is 0 Å². The van der Waals surface area contributed by atoms with Crippen LogP contribution in [0.25, 0.3) is 21.8 Å². The Hall–Kier alpha value is -2.11. The molecule has 0 saturated heterocycles. The summed E-state index contributed by atoms with van der Waals surface area (Å²) in [5.41, 5.74) is 2.71. The van der Waals surface area contributed by atoms with Gasteiger partial charge in [-0.1, -0.05) is 48.3 Å². The van der Waals surface area contributed by atoms with Crippen LogP contribution in [0.3, 0.4) is 0 Å². The number of fused-ring (bicyclic) bond motifs is 2. The second kappa shape index (κ2) is 8.33. The second-order valence-electron chi connectivity index (χ2n) is 8.89. The van der Waals surface area contributed by atoms with E-state index in [1.807, 2.05) is 48.5 Å². The molecule has 1 heterocycles. The number of carbonyl (C=O) groups excluding carboxylic acids is 1. The molecule has 3 aromatic rings. The van der Waals surface area contributed by atoms with Crippen LogP contribution in [0.5, 0.6) is 0 Å². The third kappa shape index (κ3) is 4.73. The van der Waals surface area contributed by atoms with Crippen molar-refractivity contribution in [1.29, 1.82) is 0 Å². The van der Waals surface area contributed by atoms with Gasteiger partial charge in [-0.15, -0.1) is 0 Å². The summed E-state index contributed by atoms with van der Waals surface area (Å²) in [7, 11) is 0. The quantitative estimate of drug-likeness (QED) is 0.416. The normalized spacial score (nSPS) is 20.1. The van der Waals surface area contributed by atoms with E-state index in [-0.39, 0.29) is 16.6 Å². The highest BCUT2D eigenvalue weighted by molar-refractivity contribution is 7.98. The van der Waals surface area contributed by atoms with Gasteiger partial charge in [-0.25, -0.2) is 4.98 Å². The zero-order valence-corrected chi connectivity index (χ0v) is 18.2. The lowest BCUT2D eigenvalue weighted by Gasteiger charge is -2.30. The lowest BCUT2D eigenvalue weighted by atomic mass is 9.86. The van der Waals surface area contributed by atoms with Crippen molar-refractivity contribution in [3.05, 3.63) is 48.5 Å². The number of amides is 1. The minimum absolute atomic E-state index is 0.0679. The van der Waals surface area contributed by atoms with Crippen molar-refractivity contribution >= 4 is 45.3 Å². The number of nitrogens with one attached hydrogen (secondary N) is 2. The molecular weight excluding hydrogens is 378 g/mol. The Morgan fingerprint density at radius 3 is 2.03 bits per heavy atom. The SMILES string of the molecule is CC(C)(C)SNC1CCC(C(=O)Nc2c3ccccc3nc3ccccc23)CC1. The van der Waals surface area contributed by atoms with Crippen LogP contribution >= 0.6 is 11.9 Å². The second-order valence-corrected chi connectivity index (χ2v) is 10.6. The van der Waals surface area contributed by atoms with Crippen molar-refractivity contribution < 1.29 is 4.79 Å². The number of hydrogen-bond donors (Lipinski definition) is 2. The fourth-order valence-electron chi connectivity index (χ4n) is 3.93. The lowest BCUT2D eigenvalue weighted by Crippen LogP contribution is -2.35. The van der Waals surface area contributed by atoms with Crippen molar-refractivity contribution in [2.45, 2.75) is 57.2 Å². The lowest BCUT2D eigenvalue weighted by molar-refractivity contribution is -0.120. The first-order valence-electron chi connectivity index (χ1n) is 10.4. The maximum atomic E-state index is 13.1. The van der Waals surface area contributed by atoms with E-state index in [0.717, 1.165) is 53.2 Å². The largest absolute Gasteiger partial charge is 0.325 e. The van der Waals surface area contributed by atoms with Gasteiger partial charge in [0.05, 0.1) is 16.7 Å². The number of rotatable bonds is 4. The van der Waals surface area contributed by atoms with Crippen molar-refractivity contribution in [2.75, 3.05) is 5.32 Å². The van der Waals surface area contributed by atoms with Gasteiger partial charge in [0.25, 0.3) is 0 Å². The minimum Gasteiger partial charge on any atom is -0.325 e. The van der Waals surface area contributed by atoms with Gasteiger partial charge in [-0.3, -0.25) is 9.52 Å². The van der Waals surface area contributed by atoms with Crippen LogP contribution in [0.4, 0.5) is 5.69 Å². The van der Waals surface area contributed by atoms with Gasteiger partial charge in [-0.05, 0) is 58.6 Å². The van der Waals surface area contributed by atoms with Crippen molar-refractivity contribution in [3.63, 3.8) is 0 Å². The van der Waals surface area contributed by atoms with Gasteiger partial charge in [0.1, 0.15) is 0 Å². The number of hydrogen-bond acceptors (Lipinski definition) is 4. The number of nitrogens with zero attached hydrogens (tertiary/aromatic N) is 1. The number of anilines is 1. The average Bonchev–Trinajstić information content (AvgIpc) is 2.72. The Labute approximate surface area is 177 Å². The molecule has 0 atom stereocenters. The molecule has 0 aliphatic heterocycles. The summed E-state index contributed by atoms with van der Waals surface area (Å²) in [6.45, 7) is 6.65. The van der Waals surface area contributed by atoms with Gasteiger partial charge in [0.15, 0.2) is 0 Å². The molecule has 1 fully saturated rings. The molecule has 1 saturated carbocycles. The molecule has 4 rings (SSSR count). The molecular formula is C24H29N3OS. The van der Waals surface area contributed by atoms with Crippen molar-refractivity contribution in [3.8, 4) is 0 Å². The summed E-state index contributed by atoms with van der Waals surface area (Å²) >= 11 is 1.80. The molecule has 1 aromatic heterocycles. The van der Waals surface area contributed by atoms with Crippen molar-refractivity contribution in [2.24, 2.45) is 5.92 Å². The molecule has 2 aromatic carbocycles. The number of benzene rings is 2. The van der Waals surface area contributed by atoms with E-state index in [9.17, 15) is 4.79 Å². The van der Waals surface area contributed by atoms with E-state index >= 15 is 0 Å². The highest BCUT2D eigenvalue weighted by Gasteiger charge is 2.28. The maximum absolute atomic E-state index is 13.1. The zero-order valence-electron chi connectivity index (χ0n) is 17.4. The van der Waals surface area contributed by atoms with Crippen LogP contribution in [0.2, 0.25) is 0 Å². The third-order valence-electron chi connectivity index (χ3n) is 5.47. The molecule has 0 spiro atoms. The first-order valence-corrected chi connectivity index (χ1v) is 11.2.